The summed E-state index contributed by atoms with van der Waals surface area (Å²) in [6, 6.07) is -2.65. The van der Waals surface area contributed by atoms with Gasteiger partial charge in [0.25, 0.3) is 5.91 Å². The van der Waals surface area contributed by atoms with Crippen molar-refractivity contribution in [2.24, 2.45) is 17.6 Å². The van der Waals surface area contributed by atoms with Crippen LogP contribution in [-0.2, 0) is 23.9 Å². The number of thioether (sulfide) groups is 2. The molecule has 2 unspecified atom stereocenters. The first kappa shape index (κ1) is 31.6. The van der Waals surface area contributed by atoms with E-state index < -0.39 is 41.8 Å². The molecule has 0 radical (unpaired) electrons. The van der Waals surface area contributed by atoms with E-state index in [-0.39, 0.29) is 34.8 Å². The van der Waals surface area contributed by atoms with Gasteiger partial charge >= 0.3 is 6.09 Å². The largest absolute Gasteiger partial charge is 0.449 e. The number of ketones is 1. The molecule has 2 heterocycles. The second-order valence-corrected chi connectivity index (χ2v) is 14.5. The van der Waals surface area contributed by atoms with Crippen molar-refractivity contribution in [2.75, 3.05) is 24.7 Å². The second-order valence-electron chi connectivity index (χ2n) is 11.2. The van der Waals surface area contributed by atoms with Crippen LogP contribution in [0.25, 0.3) is 0 Å². The maximum absolute atomic E-state index is 14.2. The fourth-order valence-corrected chi connectivity index (χ4v) is 8.92. The number of alkyl carbamates (subject to hydrolysis) is 1. The second kappa shape index (κ2) is 14.6. The molecule has 10 nitrogen and oxygen atoms in total. The summed E-state index contributed by atoms with van der Waals surface area (Å²) in [5, 5.41) is 5.58. The van der Waals surface area contributed by atoms with Gasteiger partial charge in [-0.2, -0.15) is 0 Å². The molecule has 1 saturated carbocycles. The lowest BCUT2D eigenvalue weighted by molar-refractivity contribution is -0.143. The highest BCUT2D eigenvalue weighted by Crippen LogP contribution is 2.50. The van der Waals surface area contributed by atoms with Gasteiger partial charge in [0.05, 0.1) is 16.7 Å². The maximum atomic E-state index is 14.2. The Hall–Kier alpha value is -1.95. The van der Waals surface area contributed by atoms with E-state index in [9.17, 15) is 24.0 Å². The molecule has 2 saturated heterocycles. The van der Waals surface area contributed by atoms with E-state index in [0.717, 1.165) is 50.0 Å². The van der Waals surface area contributed by atoms with Gasteiger partial charge in [0.1, 0.15) is 12.1 Å². The number of hydrogen-bond acceptors (Lipinski definition) is 8. The molecule has 1 aliphatic carbocycles. The fourth-order valence-electron chi connectivity index (χ4n) is 5.57. The molecule has 3 rings (SSSR count). The van der Waals surface area contributed by atoms with E-state index >= 15 is 0 Å². The number of Topliss-reactive ketones (excluding diaryl/α,β-unsaturated/α-hetero) is 1. The van der Waals surface area contributed by atoms with E-state index in [1.54, 1.807) is 28.4 Å². The van der Waals surface area contributed by atoms with Crippen LogP contribution in [-0.4, -0.2) is 81.4 Å². The van der Waals surface area contributed by atoms with Gasteiger partial charge in [-0.25, -0.2) is 4.79 Å². The molecule has 3 fully saturated rings. The highest BCUT2D eigenvalue weighted by molar-refractivity contribution is 8.18. The Bertz CT molecular complexity index is 905. The zero-order valence-corrected chi connectivity index (χ0v) is 25.0. The number of nitrogens with two attached hydrogens (primary N) is 1. The van der Waals surface area contributed by atoms with Crippen molar-refractivity contribution >= 4 is 53.1 Å². The number of amides is 4. The number of rotatable bonds is 11. The molecule has 4 amide bonds. The van der Waals surface area contributed by atoms with Crippen LogP contribution in [0.5, 0.6) is 0 Å². The minimum atomic E-state index is -1.09. The van der Waals surface area contributed by atoms with E-state index in [1.165, 1.54) is 0 Å². The van der Waals surface area contributed by atoms with Crippen molar-refractivity contribution in [3.8, 4) is 0 Å². The van der Waals surface area contributed by atoms with Crippen LogP contribution in [0, 0.1) is 11.8 Å². The van der Waals surface area contributed by atoms with Crippen LogP contribution in [0.3, 0.4) is 0 Å². The Balaban J connectivity index is 1.87. The number of carbonyl (C=O) groups excluding carboxylic acids is 5. The molecule has 4 N–H and O–H groups in total. The minimum absolute atomic E-state index is 0.0472. The summed E-state index contributed by atoms with van der Waals surface area (Å²) in [7, 11) is 0. The van der Waals surface area contributed by atoms with Gasteiger partial charge < -0.3 is 26.0 Å². The first-order valence-corrected chi connectivity index (χ1v) is 16.2. The summed E-state index contributed by atoms with van der Waals surface area (Å²) in [6.45, 7) is 6.35. The van der Waals surface area contributed by atoms with Crippen molar-refractivity contribution in [3.05, 3.63) is 0 Å². The SMILES string of the molecule is CCCC(NC(=O)C1CC2(CN1C(=O)[C@@H](NC(=O)OCC(C)C)C1CCCCC1)SCCCS2)C(=O)C(N)=O. The Morgan fingerprint density at radius 3 is 2.28 bits per heavy atom. The van der Waals surface area contributed by atoms with E-state index in [0.29, 0.717) is 19.4 Å². The third-order valence-corrected chi connectivity index (χ3v) is 10.9. The summed E-state index contributed by atoms with van der Waals surface area (Å²) >= 11 is 3.53. The first-order chi connectivity index (χ1) is 18.6. The van der Waals surface area contributed by atoms with Gasteiger partial charge in [0.15, 0.2) is 0 Å². The molecule has 0 aromatic carbocycles. The topological polar surface area (TPSA) is 148 Å². The van der Waals surface area contributed by atoms with Gasteiger partial charge in [-0.3, -0.25) is 19.2 Å². The summed E-state index contributed by atoms with van der Waals surface area (Å²) in [5.41, 5.74) is 5.23. The lowest BCUT2D eigenvalue weighted by Gasteiger charge is -2.35. The molecule has 220 valence electrons. The van der Waals surface area contributed by atoms with Crippen molar-refractivity contribution in [1.82, 2.24) is 15.5 Å². The number of nitrogens with one attached hydrogen (secondary N) is 2. The highest BCUT2D eigenvalue weighted by Gasteiger charge is 2.52. The molecular weight excluding hydrogens is 540 g/mol. The molecule has 2 aliphatic heterocycles. The Kier molecular flexibility index (Phi) is 11.8. The highest BCUT2D eigenvalue weighted by atomic mass is 32.2. The molecule has 39 heavy (non-hydrogen) atoms. The van der Waals surface area contributed by atoms with Crippen molar-refractivity contribution in [3.63, 3.8) is 0 Å². The minimum Gasteiger partial charge on any atom is -0.449 e. The number of ether oxygens (including phenoxy) is 1. The van der Waals surface area contributed by atoms with Crippen LogP contribution in [0.4, 0.5) is 4.79 Å². The van der Waals surface area contributed by atoms with E-state index in [1.807, 2.05) is 20.8 Å². The van der Waals surface area contributed by atoms with Crippen LogP contribution in [0.1, 0.15) is 78.6 Å². The number of likely N-dealkylation sites (tertiary alicyclic amines) is 1. The first-order valence-electron chi connectivity index (χ1n) is 14.2. The number of primary amides is 1. The Morgan fingerprint density at radius 2 is 1.69 bits per heavy atom. The predicted octanol–water partition coefficient (Wildman–Crippen LogP) is 2.82. The molecule has 3 aliphatic rings. The molecule has 0 aromatic heterocycles. The number of carbonyl (C=O) groups is 5. The summed E-state index contributed by atoms with van der Waals surface area (Å²) in [4.78, 5) is 66.2. The van der Waals surface area contributed by atoms with Crippen LogP contribution < -0.4 is 16.4 Å². The fraction of sp³-hybridized carbons (Fsp3) is 0.815. The Labute approximate surface area is 240 Å². The summed E-state index contributed by atoms with van der Waals surface area (Å²) in [6.07, 6.45) is 6.37. The summed E-state index contributed by atoms with van der Waals surface area (Å²) < 4.78 is 5.03. The monoisotopic (exact) mass is 584 g/mol. The van der Waals surface area contributed by atoms with Gasteiger partial charge in [-0.05, 0) is 49.0 Å². The van der Waals surface area contributed by atoms with Gasteiger partial charge in [0.2, 0.25) is 17.6 Å². The van der Waals surface area contributed by atoms with E-state index in [4.69, 9.17) is 10.5 Å². The van der Waals surface area contributed by atoms with Gasteiger partial charge in [0, 0.05) is 13.0 Å². The molecular formula is C27H44N4O6S2. The zero-order chi connectivity index (χ0) is 28.6. The third kappa shape index (κ3) is 8.52. The van der Waals surface area contributed by atoms with Gasteiger partial charge in [-0.15, -0.1) is 23.5 Å². The Morgan fingerprint density at radius 1 is 1.03 bits per heavy atom. The molecule has 0 bridgehead atoms. The van der Waals surface area contributed by atoms with Crippen molar-refractivity contribution in [1.29, 1.82) is 0 Å². The third-order valence-electron chi connectivity index (χ3n) is 7.56. The average Bonchev–Trinajstić information content (AvgIpc) is 3.29. The molecule has 12 heteroatoms. The smallest absolute Gasteiger partial charge is 0.407 e. The molecule has 3 atom stereocenters. The standard InChI is InChI=1S/C27H44N4O6S2/c1-4-9-19(22(32)23(28)33)29-24(34)20-14-27(38-12-8-13-39-27)16-31(20)25(35)21(18-10-6-5-7-11-18)30-26(36)37-15-17(2)3/h17-21H,4-16H2,1-3H3,(H2,28,33)(H,29,34)(H,30,36)/t19?,20?,21-/m0/s1. The van der Waals surface area contributed by atoms with Crippen molar-refractivity contribution < 1.29 is 28.7 Å². The van der Waals surface area contributed by atoms with Crippen LogP contribution in [0.2, 0.25) is 0 Å². The average molecular weight is 585 g/mol. The molecule has 1 spiro atoms. The lowest BCUT2D eigenvalue weighted by atomic mass is 9.83. The lowest BCUT2D eigenvalue weighted by Crippen LogP contribution is -2.58. The summed E-state index contributed by atoms with van der Waals surface area (Å²) in [5.74, 6) is -0.706. The van der Waals surface area contributed by atoms with Crippen LogP contribution >= 0.6 is 23.5 Å². The van der Waals surface area contributed by atoms with Crippen molar-refractivity contribution in [2.45, 2.75) is 101 Å². The number of nitrogens with zero attached hydrogens (tertiary/aromatic N) is 1. The van der Waals surface area contributed by atoms with E-state index in [2.05, 4.69) is 10.6 Å². The molecule has 0 aromatic rings. The normalized spacial score (nSPS) is 22.8. The predicted molar refractivity (Wildman–Crippen MR) is 153 cm³/mol. The number of hydrogen-bond donors (Lipinski definition) is 3. The van der Waals surface area contributed by atoms with Gasteiger partial charge in [-0.1, -0.05) is 46.5 Å². The maximum Gasteiger partial charge on any atom is 0.407 e. The quantitative estimate of drug-likeness (QED) is 0.314. The zero-order valence-electron chi connectivity index (χ0n) is 23.4. The van der Waals surface area contributed by atoms with Crippen LogP contribution in [0.15, 0.2) is 0 Å².